The summed E-state index contributed by atoms with van der Waals surface area (Å²) in [6, 6.07) is 6.15. The lowest BCUT2D eigenvalue weighted by atomic mass is 9.85. The van der Waals surface area contributed by atoms with Crippen molar-refractivity contribution in [2.45, 2.75) is 20.3 Å². The molecule has 4 rings (SSSR count). The molecule has 3 aliphatic rings. The van der Waals surface area contributed by atoms with Crippen molar-refractivity contribution in [3.05, 3.63) is 41.5 Å². The summed E-state index contributed by atoms with van der Waals surface area (Å²) < 4.78 is 0. The number of carbonyl (C=O) groups is 2. The molecule has 1 aliphatic heterocycles. The van der Waals surface area contributed by atoms with Gasteiger partial charge in [0.15, 0.2) is 0 Å². The van der Waals surface area contributed by atoms with Crippen LogP contribution in [-0.4, -0.2) is 23.4 Å². The zero-order valence-corrected chi connectivity index (χ0v) is 12.9. The molecule has 0 spiro atoms. The summed E-state index contributed by atoms with van der Waals surface area (Å²) in [5.74, 6) is 0.342. The molecule has 2 fully saturated rings. The molecule has 2 aliphatic carbocycles. The summed E-state index contributed by atoms with van der Waals surface area (Å²) in [7, 11) is 0. The summed E-state index contributed by atoms with van der Waals surface area (Å²) >= 11 is 0. The molecule has 1 N–H and O–H groups in total. The second kappa shape index (κ2) is 4.70. The van der Waals surface area contributed by atoms with E-state index in [1.54, 1.807) is 0 Å². The fourth-order valence-corrected chi connectivity index (χ4v) is 4.21. The number of imide groups is 1. The molecule has 0 aromatic heterocycles. The van der Waals surface area contributed by atoms with Crippen molar-refractivity contribution in [1.82, 2.24) is 4.90 Å². The maximum Gasteiger partial charge on any atom is 0.235 e. The number of anilines is 1. The minimum atomic E-state index is -0.108. The Balaban J connectivity index is 1.51. The van der Waals surface area contributed by atoms with Gasteiger partial charge in [0, 0.05) is 5.69 Å². The number of amides is 2. The lowest BCUT2D eigenvalue weighted by molar-refractivity contribution is -0.140. The predicted molar refractivity (Wildman–Crippen MR) is 84.0 cm³/mol. The van der Waals surface area contributed by atoms with Crippen molar-refractivity contribution in [3.8, 4) is 0 Å². The van der Waals surface area contributed by atoms with E-state index in [0.29, 0.717) is 0 Å². The van der Waals surface area contributed by atoms with Crippen LogP contribution in [0.5, 0.6) is 0 Å². The number of likely N-dealkylation sites (tertiary alicyclic amines) is 1. The number of hydrogen-bond acceptors (Lipinski definition) is 3. The van der Waals surface area contributed by atoms with Crippen LogP contribution < -0.4 is 5.32 Å². The van der Waals surface area contributed by atoms with E-state index >= 15 is 0 Å². The van der Waals surface area contributed by atoms with Crippen LogP contribution in [-0.2, 0) is 9.59 Å². The van der Waals surface area contributed by atoms with E-state index in [1.165, 1.54) is 4.90 Å². The van der Waals surface area contributed by atoms with E-state index in [-0.39, 0.29) is 42.2 Å². The summed E-state index contributed by atoms with van der Waals surface area (Å²) in [4.78, 5) is 26.6. The van der Waals surface area contributed by atoms with Crippen LogP contribution in [0.15, 0.2) is 30.4 Å². The van der Waals surface area contributed by atoms with E-state index in [9.17, 15) is 9.59 Å². The number of nitrogens with one attached hydrogen (secondary N) is 1. The van der Waals surface area contributed by atoms with Gasteiger partial charge in [-0.3, -0.25) is 14.5 Å². The van der Waals surface area contributed by atoms with Crippen LogP contribution in [0.2, 0.25) is 0 Å². The Hall–Kier alpha value is -2.10. The molecular formula is C18H20N2O2. The van der Waals surface area contributed by atoms with E-state index < -0.39 is 0 Å². The van der Waals surface area contributed by atoms with Crippen molar-refractivity contribution >= 4 is 17.5 Å². The highest BCUT2D eigenvalue weighted by molar-refractivity contribution is 6.06. The summed E-state index contributed by atoms with van der Waals surface area (Å²) in [6.45, 7) is 4.33. The van der Waals surface area contributed by atoms with Gasteiger partial charge < -0.3 is 5.32 Å². The Kier molecular flexibility index (Phi) is 2.90. The maximum atomic E-state index is 12.6. The third kappa shape index (κ3) is 1.83. The van der Waals surface area contributed by atoms with Crippen molar-refractivity contribution in [2.24, 2.45) is 23.7 Å². The third-order valence-corrected chi connectivity index (χ3v) is 5.38. The number of aryl methyl sites for hydroxylation is 2. The van der Waals surface area contributed by atoms with Crippen LogP contribution in [0.1, 0.15) is 17.5 Å². The monoisotopic (exact) mass is 296 g/mol. The highest BCUT2D eigenvalue weighted by Crippen LogP contribution is 2.52. The number of carbonyl (C=O) groups excluding carboxylic acids is 2. The topological polar surface area (TPSA) is 49.4 Å². The Morgan fingerprint density at radius 3 is 2.36 bits per heavy atom. The summed E-state index contributed by atoms with van der Waals surface area (Å²) in [6.07, 6.45) is 5.22. The SMILES string of the molecule is Cc1ccc(C)c(NCN2C(=O)[C@H]3[C@H](C2=O)[C@H]2C=C[C@@H]3C2)c1. The largest absolute Gasteiger partial charge is 0.367 e. The molecule has 22 heavy (non-hydrogen) atoms. The first-order valence-electron chi connectivity index (χ1n) is 7.91. The molecule has 1 saturated heterocycles. The van der Waals surface area contributed by atoms with Gasteiger partial charge in [0.25, 0.3) is 0 Å². The van der Waals surface area contributed by atoms with E-state index in [4.69, 9.17) is 0 Å². The lowest BCUT2D eigenvalue weighted by Crippen LogP contribution is -2.37. The molecule has 0 radical (unpaired) electrons. The molecule has 1 saturated carbocycles. The Bertz CT molecular complexity index is 664. The zero-order valence-electron chi connectivity index (χ0n) is 12.9. The van der Waals surface area contributed by atoms with Gasteiger partial charge in [-0.2, -0.15) is 0 Å². The van der Waals surface area contributed by atoms with Crippen LogP contribution in [0.25, 0.3) is 0 Å². The standard InChI is InChI=1S/C18H20N2O2/c1-10-3-4-11(2)14(7-10)19-9-20-17(21)15-12-5-6-13(8-12)16(15)18(20)22/h3-7,12-13,15-16,19H,8-9H2,1-2H3/t12-,13+,15-,16-/m1/s1. The smallest absolute Gasteiger partial charge is 0.235 e. The first-order chi connectivity index (χ1) is 10.6. The van der Waals surface area contributed by atoms with Crippen LogP contribution >= 0.6 is 0 Å². The third-order valence-electron chi connectivity index (χ3n) is 5.38. The zero-order chi connectivity index (χ0) is 15.4. The molecule has 114 valence electrons. The molecule has 4 nitrogen and oxygen atoms in total. The maximum absolute atomic E-state index is 12.6. The Labute approximate surface area is 130 Å². The first kappa shape index (κ1) is 13.6. The van der Waals surface area contributed by atoms with E-state index in [0.717, 1.165) is 23.2 Å². The molecule has 0 unspecified atom stereocenters. The van der Waals surface area contributed by atoms with Crippen LogP contribution in [0, 0.1) is 37.5 Å². The minimum absolute atomic E-state index is 0.00431. The highest BCUT2D eigenvalue weighted by Gasteiger charge is 2.59. The van der Waals surface area contributed by atoms with Crippen molar-refractivity contribution in [2.75, 3.05) is 12.0 Å². The van der Waals surface area contributed by atoms with Crippen LogP contribution in [0.3, 0.4) is 0 Å². The molecule has 2 bridgehead atoms. The van der Waals surface area contributed by atoms with Crippen molar-refractivity contribution in [3.63, 3.8) is 0 Å². The number of benzene rings is 1. The number of nitrogens with zero attached hydrogens (tertiary/aromatic N) is 1. The van der Waals surface area contributed by atoms with Crippen molar-refractivity contribution in [1.29, 1.82) is 0 Å². The molecule has 2 amide bonds. The van der Waals surface area contributed by atoms with Crippen molar-refractivity contribution < 1.29 is 9.59 Å². The quantitative estimate of drug-likeness (QED) is 0.688. The fourth-order valence-electron chi connectivity index (χ4n) is 4.21. The second-order valence-corrected chi connectivity index (χ2v) is 6.76. The average molecular weight is 296 g/mol. The van der Waals surface area contributed by atoms with E-state index in [2.05, 4.69) is 23.5 Å². The summed E-state index contributed by atoms with van der Waals surface area (Å²) in [5, 5.41) is 3.26. The van der Waals surface area contributed by atoms with E-state index in [1.807, 2.05) is 26.0 Å². The fraction of sp³-hybridized carbons (Fsp3) is 0.444. The van der Waals surface area contributed by atoms with Gasteiger partial charge in [0.2, 0.25) is 11.8 Å². The normalized spacial score (nSPS) is 32.0. The molecular weight excluding hydrogens is 276 g/mol. The number of allylic oxidation sites excluding steroid dienone is 2. The Morgan fingerprint density at radius 2 is 1.73 bits per heavy atom. The molecule has 4 heteroatoms. The molecule has 1 heterocycles. The summed E-state index contributed by atoms with van der Waals surface area (Å²) in [5.41, 5.74) is 3.26. The van der Waals surface area contributed by atoms with Gasteiger partial charge in [-0.1, -0.05) is 24.3 Å². The number of rotatable bonds is 3. The predicted octanol–water partition coefficient (Wildman–Crippen LogP) is 2.48. The van der Waals surface area contributed by atoms with Gasteiger partial charge in [0.1, 0.15) is 0 Å². The average Bonchev–Trinajstić information content (AvgIpc) is 3.16. The highest BCUT2D eigenvalue weighted by atomic mass is 16.2. The van der Waals surface area contributed by atoms with Gasteiger partial charge in [-0.05, 0) is 49.3 Å². The van der Waals surface area contributed by atoms with Gasteiger partial charge >= 0.3 is 0 Å². The molecule has 1 aromatic rings. The lowest BCUT2D eigenvalue weighted by Gasteiger charge is -2.19. The van der Waals surface area contributed by atoms with Gasteiger partial charge in [-0.15, -0.1) is 0 Å². The Morgan fingerprint density at radius 1 is 1.09 bits per heavy atom. The van der Waals surface area contributed by atoms with Gasteiger partial charge in [-0.25, -0.2) is 0 Å². The number of fused-ring (bicyclic) bond motifs is 5. The second-order valence-electron chi connectivity index (χ2n) is 6.76. The molecule has 4 atom stereocenters. The molecule has 1 aromatic carbocycles. The van der Waals surface area contributed by atoms with Crippen LogP contribution in [0.4, 0.5) is 5.69 Å². The minimum Gasteiger partial charge on any atom is -0.367 e. The number of hydrogen-bond donors (Lipinski definition) is 1. The van der Waals surface area contributed by atoms with Gasteiger partial charge in [0.05, 0.1) is 18.5 Å². The first-order valence-corrected chi connectivity index (χ1v) is 7.91.